The van der Waals surface area contributed by atoms with Crippen molar-refractivity contribution in [2.24, 2.45) is 0 Å². The summed E-state index contributed by atoms with van der Waals surface area (Å²) in [6.07, 6.45) is -3.64. The summed E-state index contributed by atoms with van der Waals surface area (Å²) in [6.45, 7) is 0.799. The van der Waals surface area contributed by atoms with E-state index in [0.29, 0.717) is 18.9 Å². The predicted octanol–water partition coefficient (Wildman–Crippen LogP) is -0.274. The number of nitrogens with zero attached hydrogens (tertiary/aromatic N) is 4. The topological polar surface area (TPSA) is 77.3 Å². The number of aromatic nitrogens is 3. The van der Waals surface area contributed by atoms with Crippen molar-refractivity contribution in [1.29, 1.82) is 0 Å². The van der Waals surface area contributed by atoms with Crippen LogP contribution in [0.5, 0.6) is 0 Å². The molecule has 0 saturated carbocycles. The van der Waals surface area contributed by atoms with E-state index in [0.717, 1.165) is 0 Å². The summed E-state index contributed by atoms with van der Waals surface area (Å²) in [5.41, 5.74) is 0. The molecule has 1 aliphatic heterocycles. The van der Waals surface area contributed by atoms with Crippen LogP contribution in [-0.2, 0) is 27.4 Å². The van der Waals surface area contributed by atoms with Crippen LogP contribution >= 0.6 is 0 Å². The van der Waals surface area contributed by atoms with Crippen molar-refractivity contribution in [1.82, 2.24) is 19.7 Å². The van der Waals surface area contributed by atoms with Gasteiger partial charge in [0.05, 0.1) is 13.1 Å². The van der Waals surface area contributed by atoms with Gasteiger partial charge in [-0.25, -0.2) is 4.79 Å². The average Bonchev–Trinajstić information content (AvgIpc) is 2.74. The Morgan fingerprint density at radius 1 is 1.37 bits per heavy atom. The van der Waals surface area contributed by atoms with E-state index < -0.39 is 24.7 Å². The molecule has 0 atom stereocenters. The van der Waals surface area contributed by atoms with Crippen LogP contribution in [0.15, 0.2) is 6.33 Å². The first-order valence-electron chi connectivity index (χ1n) is 5.27. The third kappa shape index (κ3) is 3.28. The van der Waals surface area contributed by atoms with Gasteiger partial charge in [0.2, 0.25) is 0 Å². The third-order valence-electron chi connectivity index (χ3n) is 2.51. The third-order valence-corrected chi connectivity index (χ3v) is 2.51. The Hall–Kier alpha value is -1.97. The van der Waals surface area contributed by atoms with Crippen LogP contribution in [0.2, 0.25) is 0 Å². The Morgan fingerprint density at radius 2 is 2.11 bits per heavy atom. The van der Waals surface area contributed by atoms with Crippen molar-refractivity contribution in [3.8, 4) is 0 Å². The molecule has 7 nitrogen and oxygen atoms in total. The van der Waals surface area contributed by atoms with Gasteiger partial charge in [-0.1, -0.05) is 0 Å². The fourth-order valence-corrected chi connectivity index (χ4v) is 1.63. The quantitative estimate of drug-likeness (QED) is 0.547. The van der Waals surface area contributed by atoms with Gasteiger partial charge in [-0.15, -0.1) is 10.2 Å². The second-order valence-corrected chi connectivity index (χ2v) is 3.91. The SMILES string of the molecule is O=C(CN1CCn2cnnc2C1)OC(=O)C(F)(F)F. The number of hydrogen-bond donors (Lipinski definition) is 0. The first-order valence-corrected chi connectivity index (χ1v) is 5.27. The Bertz CT molecular complexity index is 499. The second kappa shape index (κ2) is 4.96. The van der Waals surface area contributed by atoms with Gasteiger partial charge >= 0.3 is 18.1 Å². The maximum atomic E-state index is 11.9. The highest BCUT2D eigenvalue weighted by Crippen LogP contribution is 2.17. The van der Waals surface area contributed by atoms with E-state index in [4.69, 9.17) is 0 Å². The maximum Gasteiger partial charge on any atom is 0.491 e. The minimum atomic E-state index is -5.17. The number of esters is 2. The average molecular weight is 278 g/mol. The molecule has 104 valence electrons. The summed E-state index contributed by atoms with van der Waals surface area (Å²) < 4.78 is 41.1. The summed E-state index contributed by atoms with van der Waals surface area (Å²) in [5, 5.41) is 7.45. The van der Waals surface area contributed by atoms with Crippen LogP contribution in [0, 0.1) is 0 Å². The van der Waals surface area contributed by atoms with Gasteiger partial charge in [0, 0.05) is 13.1 Å². The van der Waals surface area contributed by atoms with Gasteiger partial charge in [-0.05, 0) is 0 Å². The van der Waals surface area contributed by atoms with E-state index in [2.05, 4.69) is 14.9 Å². The molecule has 0 bridgehead atoms. The van der Waals surface area contributed by atoms with Crippen molar-refractivity contribution in [3.63, 3.8) is 0 Å². The van der Waals surface area contributed by atoms with Gasteiger partial charge < -0.3 is 9.30 Å². The molecule has 0 amide bonds. The monoisotopic (exact) mass is 278 g/mol. The molecule has 0 spiro atoms. The fourth-order valence-electron chi connectivity index (χ4n) is 1.63. The first-order chi connectivity index (χ1) is 8.86. The minimum Gasteiger partial charge on any atom is -0.385 e. The summed E-state index contributed by atoms with van der Waals surface area (Å²) >= 11 is 0. The molecule has 0 fully saturated rings. The lowest BCUT2D eigenvalue weighted by atomic mass is 10.3. The number of rotatable bonds is 2. The molecule has 1 aromatic rings. The zero-order chi connectivity index (χ0) is 14.0. The minimum absolute atomic E-state index is 0.259. The Labute approximate surface area is 105 Å². The lowest BCUT2D eigenvalue weighted by molar-refractivity contribution is -0.202. The number of alkyl halides is 3. The smallest absolute Gasteiger partial charge is 0.385 e. The van der Waals surface area contributed by atoms with E-state index in [1.807, 2.05) is 0 Å². The molecular weight excluding hydrogens is 269 g/mol. The van der Waals surface area contributed by atoms with Crippen LogP contribution in [-0.4, -0.2) is 50.9 Å². The molecule has 1 aromatic heterocycles. The summed E-state index contributed by atoms with van der Waals surface area (Å²) in [4.78, 5) is 23.2. The number of ether oxygens (including phenoxy) is 1. The van der Waals surface area contributed by atoms with Crippen molar-refractivity contribution in [2.75, 3.05) is 13.1 Å². The van der Waals surface area contributed by atoms with E-state index in [1.165, 1.54) is 11.2 Å². The molecule has 2 rings (SSSR count). The Balaban J connectivity index is 1.86. The number of carbonyl (C=O) groups excluding carboxylic acids is 2. The zero-order valence-electron chi connectivity index (χ0n) is 9.55. The number of fused-ring (bicyclic) bond motifs is 1. The van der Waals surface area contributed by atoms with Crippen LogP contribution in [0.4, 0.5) is 13.2 Å². The van der Waals surface area contributed by atoms with Crippen LogP contribution in [0.1, 0.15) is 5.82 Å². The van der Waals surface area contributed by atoms with Crippen molar-refractivity contribution < 1.29 is 27.5 Å². The van der Waals surface area contributed by atoms with Crippen molar-refractivity contribution in [3.05, 3.63) is 12.2 Å². The van der Waals surface area contributed by atoms with Gasteiger partial charge in [-0.2, -0.15) is 13.2 Å². The highest BCUT2D eigenvalue weighted by molar-refractivity contribution is 5.89. The molecule has 19 heavy (non-hydrogen) atoms. The normalized spacial score (nSPS) is 15.9. The van der Waals surface area contributed by atoms with Crippen LogP contribution < -0.4 is 0 Å². The molecule has 0 aliphatic carbocycles. The lowest BCUT2D eigenvalue weighted by Gasteiger charge is -2.25. The Kier molecular flexibility index (Phi) is 3.51. The van der Waals surface area contributed by atoms with Gasteiger partial charge in [0.25, 0.3) is 0 Å². The van der Waals surface area contributed by atoms with E-state index in [-0.39, 0.29) is 6.54 Å². The number of hydrogen-bond acceptors (Lipinski definition) is 6. The van der Waals surface area contributed by atoms with Crippen LogP contribution in [0.3, 0.4) is 0 Å². The molecule has 0 aromatic carbocycles. The number of halogens is 3. The zero-order valence-corrected chi connectivity index (χ0v) is 9.55. The van der Waals surface area contributed by atoms with Gasteiger partial charge in [0.1, 0.15) is 12.2 Å². The maximum absolute atomic E-state index is 11.9. The molecular formula is C9H9F3N4O3. The molecule has 10 heteroatoms. The summed E-state index contributed by atoms with van der Waals surface area (Å²) in [7, 11) is 0. The summed E-state index contributed by atoms with van der Waals surface area (Å²) in [6, 6.07) is 0. The highest BCUT2D eigenvalue weighted by Gasteiger charge is 2.42. The van der Waals surface area contributed by atoms with E-state index >= 15 is 0 Å². The first kappa shape index (κ1) is 13.5. The molecule has 0 radical (unpaired) electrons. The highest BCUT2D eigenvalue weighted by atomic mass is 19.4. The fraction of sp³-hybridized carbons (Fsp3) is 0.556. The molecule has 0 unspecified atom stereocenters. The second-order valence-electron chi connectivity index (χ2n) is 3.91. The van der Waals surface area contributed by atoms with E-state index in [9.17, 15) is 22.8 Å². The summed E-state index contributed by atoms with van der Waals surface area (Å²) in [5.74, 6) is -3.14. The molecule has 2 heterocycles. The molecule has 1 aliphatic rings. The Morgan fingerprint density at radius 3 is 2.79 bits per heavy atom. The van der Waals surface area contributed by atoms with Crippen molar-refractivity contribution >= 4 is 11.9 Å². The predicted molar refractivity (Wildman–Crippen MR) is 52.5 cm³/mol. The van der Waals surface area contributed by atoms with Gasteiger partial charge in [0.15, 0.2) is 0 Å². The molecule has 0 saturated heterocycles. The van der Waals surface area contributed by atoms with Crippen molar-refractivity contribution in [2.45, 2.75) is 19.3 Å². The lowest BCUT2D eigenvalue weighted by Crippen LogP contribution is -2.39. The van der Waals surface area contributed by atoms with E-state index in [1.54, 1.807) is 4.57 Å². The standard InChI is InChI=1S/C9H9F3N4O3/c10-9(11,12)8(18)19-7(17)4-15-1-2-16-5-13-14-6(16)3-15/h5H,1-4H2. The molecule has 0 N–H and O–H groups in total. The largest absolute Gasteiger partial charge is 0.491 e. The van der Waals surface area contributed by atoms with Gasteiger partial charge in [-0.3, -0.25) is 9.69 Å². The number of carbonyl (C=O) groups is 2. The van der Waals surface area contributed by atoms with Crippen LogP contribution in [0.25, 0.3) is 0 Å².